The predicted molar refractivity (Wildman–Crippen MR) is 85.7 cm³/mol. The lowest BCUT2D eigenvalue weighted by Gasteiger charge is -2.08. The number of methoxy groups -OCH3 is 1. The van der Waals surface area contributed by atoms with Crippen molar-refractivity contribution < 1.29 is 17.9 Å². The molecule has 134 valence electrons. The summed E-state index contributed by atoms with van der Waals surface area (Å²) in [5.41, 5.74) is 1.53. The van der Waals surface area contributed by atoms with E-state index in [-0.39, 0.29) is 17.0 Å². The number of nitrogens with one attached hydrogen (secondary N) is 2. The molecule has 3 rings (SSSR count). The fraction of sp³-hybridized carbons (Fsp3) is 0.462. The summed E-state index contributed by atoms with van der Waals surface area (Å²) in [5.74, 6) is 0.191. The molecule has 2 heterocycles. The zero-order valence-electron chi connectivity index (χ0n) is 13.9. The minimum atomic E-state index is -4.11. The van der Waals surface area contributed by atoms with E-state index in [9.17, 15) is 13.2 Å². The maximum atomic E-state index is 12.5. The van der Waals surface area contributed by atoms with Gasteiger partial charge in [-0.25, -0.2) is 9.52 Å². The topological polar surface area (TPSA) is 141 Å². The molecule has 0 radical (unpaired) electrons. The first-order valence-electron chi connectivity index (χ1n) is 7.45. The van der Waals surface area contributed by atoms with Gasteiger partial charge < -0.3 is 4.74 Å². The number of urea groups is 1. The molecule has 0 bridgehead atoms. The molecule has 0 atom stereocenters. The van der Waals surface area contributed by atoms with Crippen LogP contribution >= 0.6 is 0 Å². The molecule has 0 unspecified atom stereocenters. The van der Waals surface area contributed by atoms with Crippen LogP contribution in [0.15, 0.2) is 5.03 Å². The van der Waals surface area contributed by atoms with Crippen LogP contribution in [0.2, 0.25) is 0 Å². The van der Waals surface area contributed by atoms with Crippen LogP contribution in [0.4, 0.5) is 10.7 Å². The lowest BCUT2D eigenvalue weighted by atomic mass is 10.3. The molecule has 12 heteroatoms. The van der Waals surface area contributed by atoms with E-state index in [4.69, 9.17) is 4.74 Å². The van der Waals surface area contributed by atoms with E-state index in [2.05, 4.69) is 25.4 Å². The highest BCUT2D eigenvalue weighted by molar-refractivity contribution is 7.90. The Morgan fingerprint density at radius 3 is 2.72 bits per heavy atom. The van der Waals surface area contributed by atoms with Gasteiger partial charge in [0.15, 0.2) is 0 Å². The number of ether oxygens (including phenoxy) is 1. The molecule has 1 aliphatic rings. The van der Waals surface area contributed by atoms with Crippen LogP contribution in [-0.4, -0.2) is 46.3 Å². The number of hydrogen-bond acceptors (Lipinski definition) is 8. The average molecular weight is 367 g/mol. The molecule has 2 aromatic rings. The Kier molecular flexibility index (Phi) is 4.29. The van der Waals surface area contributed by atoms with E-state index < -0.39 is 16.1 Å². The van der Waals surface area contributed by atoms with Crippen LogP contribution in [0, 0.1) is 6.92 Å². The SMILES string of the molecule is COc1nc(C)nc(NC(=O)NS(=O)(=O)c2nn(C)c3c2CCC3)n1. The number of fused-ring (bicyclic) bond motifs is 1. The Bertz CT molecular complexity index is 938. The number of anilines is 1. The molecule has 2 N–H and O–H groups in total. The number of amides is 2. The minimum Gasteiger partial charge on any atom is -0.467 e. The smallest absolute Gasteiger partial charge is 0.335 e. The molecule has 1 aliphatic carbocycles. The Balaban J connectivity index is 1.79. The summed E-state index contributed by atoms with van der Waals surface area (Å²) in [6.45, 7) is 1.58. The zero-order chi connectivity index (χ0) is 18.2. The summed E-state index contributed by atoms with van der Waals surface area (Å²) < 4.78 is 33.3. The van der Waals surface area contributed by atoms with Crippen molar-refractivity contribution in [2.24, 2.45) is 7.05 Å². The van der Waals surface area contributed by atoms with Crippen LogP contribution in [0.3, 0.4) is 0 Å². The van der Waals surface area contributed by atoms with E-state index in [0.29, 0.717) is 17.8 Å². The number of nitrogens with zero attached hydrogens (tertiary/aromatic N) is 5. The van der Waals surface area contributed by atoms with E-state index in [0.717, 1.165) is 18.5 Å². The number of rotatable bonds is 4. The Morgan fingerprint density at radius 2 is 2.00 bits per heavy atom. The minimum absolute atomic E-state index is 0.00760. The van der Waals surface area contributed by atoms with E-state index in [1.54, 1.807) is 14.0 Å². The highest BCUT2D eigenvalue weighted by atomic mass is 32.2. The molecule has 2 amide bonds. The van der Waals surface area contributed by atoms with Gasteiger partial charge in [0.25, 0.3) is 10.0 Å². The third-order valence-electron chi connectivity index (χ3n) is 3.69. The highest BCUT2D eigenvalue weighted by Crippen LogP contribution is 2.27. The monoisotopic (exact) mass is 367 g/mol. The van der Waals surface area contributed by atoms with Gasteiger partial charge in [0.05, 0.1) is 7.11 Å². The van der Waals surface area contributed by atoms with E-state index >= 15 is 0 Å². The number of sulfonamides is 1. The molecule has 0 aliphatic heterocycles. The molecule has 2 aromatic heterocycles. The molecule has 25 heavy (non-hydrogen) atoms. The Hall–Kier alpha value is -2.76. The molecule has 0 saturated carbocycles. The largest absolute Gasteiger partial charge is 0.467 e. The first-order chi connectivity index (χ1) is 11.8. The van der Waals surface area contributed by atoms with Gasteiger partial charge in [-0.05, 0) is 26.2 Å². The fourth-order valence-electron chi connectivity index (χ4n) is 2.69. The first-order valence-corrected chi connectivity index (χ1v) is 8.93. The van der Waals surface area contributed by atoms with Crippen LogP contribution in [0.5, 0.6) is 6.01 Å². The van der Waals surface area contributed by atoms with Crippen LogP contribution in [-0.2, 0) is 29.9 Å². The van der Waals surface area contributed by atoms with E-state index in [1.807, 2.05) is 4.72 Å². The van der Waals surface area contributed by atoms with Crippen LogP contribution in [0.25, 0.3) is 0 Å². The van der Waals surface area contributed by atoms with Gasteiger partial charge in [-0.2, -0.15) is 28.5 Å². The van der Waals surface area contributed by atoms with Gasteiger partial charge in [0, 0.05) is 18.3 Å². The summed E-state index contributed by atoms with van der Waals surface area (Å²) in [5, 5.41) is 6.16. The second kappa shape index (κ2) is 6.27. The molecule has 0 aromatic carbocycles. The maximum absolute atomic E-state index is 12.5. The van der Waals surface area contributed by atoms with Crippen molar-refractivity contribution in [3.05, 3.63) is 17.1 Å². The van der Waals surface area contributed by atoms with Gasteiger partial charge in [-0.3, -0.25) is 10.00 Å². The van der Waals surface area contributed by atoms with Gasteiger partial charge in [0.2, 0.25) is 11.0 Å². The number of carbonyl (C=O) groups is 1. The lowest BCUT2D eigenvalue weighted by Crippen LogP contribution is -2.35. The highest BCUT2D eigenvalue weighted by Gasteiger charge is 2.30. The lowest BCUT2D eigenvalue weighted by molar-refractivity contribution is 0.256. The summed E-state index contributed by atoms with van der Waals surface area (Å²) in [6, 6.07) is -0.988. The standard InChI is InChI=1S/C13H17N7O4S/c1-7-14-11(17-13(15-7)24-3)16-12(21)19-25(22,23)10-8-5-4-6-9(8)20(2)18-10/h4-6H2,1-3H3,(H2,14,15,16,17,19,21). The van der Waals surface area contributed by atoms with E-state index in [1.165, 1.54) is 11.8 Å². The van der Waals surface area contributed by atoms with Crippen molar-refractivity contribution in [1.82, 2.24) is 29.5 Å². The van der Waals surface area contributed by atoms with Gasteiger partial charge in [0.1, 0.15) is 5.82 Å². The van der Waals surface area contributed by atoms with Crippen molar-refractivity contribution in [3.8, 4) is 6.01 Å². The summed E-state index contributed by atoms with van der Waals surface area (Å²) in [4.78, 5) is 23.6. The second-order valence-electron chi connectivity index (χ2n) is 5.46. The number of hydrogen-bond donors (Lipinski definition) is 2. The number of aromatic nitrogens is 5. The molecular formula is C13H17N7O4S. The summed E-state index contributed by atoms with van der Waals surface area (Å²) in [7, 11) is -1.06. The molecule has 0 spiro atoms. The third kappa shape index (κ3) is 3.38. The average Bonchev–Trinajstić information content (AvgIpc) is 3.10. The van der Waals surface area contributed by atoms with Crippen molar-refractivity contribution in [3.63, 3.8) is 0 Å². The van der Waals surface area contributed by atoms with Crippen LogP contribution < -0.4 is 14.8 Å². The quantitative estimate of drug-likeness (QED) is 0.764. The van der Waals surface area contributed by atoms with Crippen molar-refractivity contribution in [2.45, 2.75) is 31.2 Å². The van der Waals surface area contributed by atoms with Crippen molar-refractivity contribution >= 4 is 22.0 Å². The first kappa shape index (κ1) is 17.1. The molecule has 11 nitrogen and oxygen atoms in total. The third-order valence-corrected chi connectivity index (χ3v) is 4.99. The van der Waals surface area contributed by atoms with Crippen LogP contribution in [0.1, 0.15) is 23.5 Å². The molecule has 0 saturated heterocycles. The number of aryl methyl sites for hydroxylation is 2. The van der Waals surface area contributed by atoms with Gasteiger partial charge in [-0.1, -0.05) is 0 Å². The summed E-state index contributed by atoms with van der Waals surface area (Å²) >= 11 is 0. The summed E-state index contributed by atoms with van der Waals surface area (Å²) in [6.07, 6.45) is 2.25. The number of carbonyl (C=O) groups excluding carboxylic acids is 1. The van der Waals surface area contributed by atoms with Gasteiger partial charge >= 0.3 is 12.0 Å². The van der Waals surface area contributed by atoms with Crippen molar-refractivity contribution in [1.29, 1.82) is 0 Å². The Morgan fingerprint density at radius 1 is 1.24 bits per heavy atom. The second-order valence-corrected chi connectivity index (χ2v) is 7.06. The van der Waals surface area contributed by atoms with Crippen molar-refractivity contribution in [2.75, 3.05) is 12.4 Å². The molecule has 0 fully saturated rings. The van der Waals surface area contributed by atoms with Gasteiger partial charge in [-0.15, -0.1) is 0 Å². The fourth-order valence-corrected chi connectivity index (χ4v) is 3.86. The zero-order valence-corrected chi connectivity index (χ0v) is 14.7. The predicted octanol–water partition coefficient (Wildman–Crippen LogP) is -0.0788. The normalized spacial score (nSPS) is 13.4. The molecular weight excluding hydrogens is 350 g/mol. The maximum Gasteiger partial charge on any atom is 0.335 e. The Labute approximate surface area is 143 Å².